The quantitative estimate of drug-likeness (QED) is 0.652. The summed E-state index contributed by atoms with van der Waals surface area (Å²) in [5.41, 5.74) is 5.11. The molecule has 0 saturated heterocycles. The number of nitrogens with zero attached hydrogens (tertiary/aromatic N) is 2. The van der Waals surface area contributed by atoms with Gasteiger partial charge >= 0.3 is 12.0 Å². The first-order valence-corrected chi connectivity index (χ1v) is 4.31. The van der Waals surface area contributed by atoms with Crippen molar-refractivity contribution in [3.05, 3.63) is 12.4 Å². The van der Waals surface area contributed by atoms with Crippen LogP contribution in [0.15, 0.2) is 12.4 Å². The van der Waals surface area contributed by atoms with Crippen molar-refractivity contribution in [2.75, 3.05) is 11.4 Å². The molecule has 1 aromatic rings. The molecular weight excluding hydrogens is 200 g/mol. The number of carboxylic acid groups (broad SMARTS) is 1. The van der Waals surface area contributed by atoms with Crippen LogP contribution in [-0.2, 0) is 4.79 Å². The van der Waals surface area contributed by atoms with Crippen LogP contribution in [0.5, 0.6) is 0 Å². The van der Waals surface area contributed by atoms with Gasteiger partial charge in [-0.1, -0.05) is 6.92 Å². The number of nitrogens with one attached hydrogen (secondary N) is 1. The van der Waals surface area contributed by atoms with Crippen molar-refractivity contribution in [1.29, 1.82) is 0 Å². The molecule has 4 N–H and O–H groups in total. The van der Waals surface area contributed by atoms with Gasteiger partial charge in [-0.25, -0.2) is 9.78 Å². The lowest BCUT2D eigenvalue weighted by Crippen LogP contribution is -2.41. The third-order valence-electron chi connectivity index (χ3n) is 1.88. The lowest BCUT2D eigenvalue weighted by molar-refractivity contribution is -0.140. The SMILES string of the molecule is CC(CN(C(N)=O)c1ncc[nH]1)C(=O)O. The summed E-state index contributed by atoms with van der Waals surface area (Å²) in [6.45, 7) is 1.47. The zero-order valence-corrected chi connectivity index (χ0v) is 8.17. The number of urea groups is 1. The highest BCUT2D eigenvalue weighted by Gasteiger charge is 2.21. The predicted octanol–water partition coefficient (Wildman–Crippen LogP) is 0.0155. The minimum atomic E-state index is -0.993. The van der Waals surface area contributed by atoms with Crippen LogP contribution < -0.4 is 10.6 Å². The molecule has 1 atom stereocenters. The number of hydrogen-bond acceptors (Lipinski definition) is 3. The van der Waals surface area contributed by atoms with Gasteiger partial charge < -0.3 is 15.8 Å². The average molecular weight is 212 g/mol. The van der Waals surface area contributed by atoms with Crippen LogP contribution in [0.4, 0.5) is 10.7 Å². The smallest absolute Gasteiger partial charge is 0.321 e. The van der Waals surface area contributed by atoms with Gasteiger partial charge in [0.05, 0.1) is 5.92 Å². The standard InChI is InChI=1S/C8H12N4O3/c1-5(6(13)14)4-12(7(9)15)8-10-2-3-11-8/h2-3,5H,4H2,1H3,(H2,9,15)(H,10,11)(H,13,14). The number of primary amides is 1. The second-order valence-corrected chi connectivity index (χ2v) is 3.10. The number of hydrogen-bond donors (Lipinski definition) is 3. The van der Waals surface area contributed by atoms with E-state index in [-0.39, 0.29) is 12.5 Å². The predicted molar refractivity (Wildman–Crippen MR) is 52.3 cm³/mol. The summed E-state index contributed by atoms with van der Waals surface area (Å²) >= 11 is 0. The van der Waals surface area contributed by atoms with Crippen molar-refractivity contribution >= 4 is 17.9 Å². The molecule has 0 aliphatic rings. The summed E-state index contributed by atoms with van der Waals surface area (Å²) in [6, 6.07) is -0.738. The second kappa shape index (κ2) is 4.45. The lowest BCUT2D eigenvalue weighted by Gasteiger charge is -2.19. The Morgan fingerprint density at radius 3 is 2.80 bits per heavy atom. The normalized spacial score (nSPS) is 12.1. The van der Waals surface area contributed by atoms with Gasteiger partial charge in [-0.05, 0) is 0 Å². The molecular formula is C8H12N4O3. The number of nitrogens with two attached hydrogens (primary N) is 1. The van der Waals surface area contributed by atoms with Crippen LogP contribution in [0.3, 0.4) is 0 Å². The molecule has 7 nitrogen and oxygen atoms in total. The maximum absolute atomic E-state index is 11.1. The lowest BCUT2D eigenvalue weighted by atomic mass is 10.2. The number of aromatic nitrogens is 2. The number of rotatable bonds is 4. The van der Waals surface area contributed by atoms with Crippen LogP contribution in [0, 0.1) is 5.92 Å². The first-order chi connectivity index (χ1) is 7.02. The van der Waals surface area contributed by atoms with E-state index in [0.717, 1.165) is 4.90 Å². The molecule has 15 heavy (non-hydrogen) atoms. The Hall–Kier alpha value is -2.05. The van der Waals surface area contributed by atoms with Crippen molar-refractivity contribution < 1.29 is 14.7 Å². The second-order valence-electron chi connectivity index (χ2n) is 3.10. The van der Waals surface area contributed by atoms with Crippen LogP contribution in [0.2, 0.25) is 0 Å². The van der Waals surface area contributed by atoms with Gasteiger partial charge in [0.15, 0.2) is 0 Å². The summed E-state index contributed by atoms with van der Waals surface area (Å²) in [4.78, 5) is 29.3. The molecule has 0 saturated carbocycles. The average Bonchev–Trinajstić information content (AvgIpc) is 2.65. The van der Waals surface area contributed by atoms with Crippen LogP contribution in [-0.4, -0.2) is 33.6 Å². The highest BCUT2D eigenvalue weighted by Crippen LogP contribution is 2.09. The van der Waals surface area contributed by atoms with Gasteiger partial charge in [-0.3, -0.25) is 9.69 Å². The van der Waals surface area contributed by atoms with Gasteiger partial charge in [0.2, 0.25) is 5.95 Å². The maximum Gasteiger partial charge on any atom is 0.321 e. The first-order valence-electron chi connectivity index (χ1n) is 4.31. The number of H-pyrrole nitrogens is 1. The molecule has 1 aromatic heterocycles. The molecule has 2 amide bonds. The fourth-order valence-electron chi connectivity index (χ4n) is 1.04. The highest BCUT2D eigenvalue weighted by molar-refractivity contribution is 5.89. The Labute approximate surface area is 85.9 Å². The zero-order chi connectivity index (χ0) is 11.4. The van der Waals surface area contributed by atoms with E-state index in [9.17, 15) is 9.59 Å². The molecule has 7 heteroatoms. The minimum Gasteiger partial charge on any atom is -0.481 e. The van der Waals surface area contributed by atoms with E-state index in [4.69, 9.17) is 10.8 Å². The summed E-state index contributed by atoms with van der Waals surface area (Å²) in [5, 5.41) is 8.70. The third kappa shape index (κ3) is 2.70. The minimum absolute atomic E-state index is 0.0157. The molecule has 0 aliphatic carbocycles. The fourth-order valence-corrected chi connectivity index (χ4v) is 1.04. The van der Waals surface area contributed by atoms with Gasteiger partial charge in [0.25, 0.3) is 0 Å². The molecule has 0 spiro atoms. The van der Waals surface area contributed by atoms with Crippen LogP contribution >= 0.6 is 0 Å². The Morgan fingerprint density at radius 1 is 1.73 bits per heavy atom. The number of carbonyl (C=O) groups excluding carboxylic acids is 1. The number of anilines is 1. The maximum atomic E-state index is 11.1. The van der Waals surface area contributed by atoms with E-state index in [1.807, 2.05) is 0 Å². The Kier molecular flexibility index (Phi) is 3.27. The highest BCUT2D eigenvalue weighted by atomic mass is 16.4. The summed E-state index contributed by atoms with van der Waals surface area (Å²) in [7, 11) is 0. The number of carbonyl (C=O) groups is 2. The molecule has 0 radical (unpaired) electrons. The molecule has 1 unspecified atom stereocenters. The van der Waals surface area contributed by atoms with E-state index in [2.05, 4.69) is 9.97 Å². The number of aromatic amines is 1. The first kappa shape index (κ1) is 11.0. The summed E-state index contributed by atoms with van der Waals surface area (Å²) in [6.07, 6.45) is 2.98. The molecule has 0 fully saturated rings. The number of imidazole rings is 1. The van der Waals surface area contributed by atoms with E-state index in [1.54, 1.807) is 0 Å². The van der Waals surface area contributed by atoms with Crippen molar-refractivity contribution in [2.45, 2.75) is 6.92 Å². The number of aliphatic carboxylic acids is 1. The monoisotopic (exact) mass is 212 g/mol. The molecule has 0 aliphatic heterocycles. The topological polar surface area (TPSA) is 112 Å². The van der Waals surface area contributed by atoms with Crippen molar-refractivity contribution in [1.82, 2.24) is 9.97 Å². The van der Waals surface area contributed by atoms with Crippen molar-refractivity contribution in [3.63, 3.8) is 0 Å². The summed E-state index contributed by atoms with van der Waals surface area (Å²) < 4.78 is 0. The van der Waals surface area contributed by atoms with E-state index in [0.29, 0.717) is 0 Å². The van der Waals surface area contributed by atoms with Crippen molar-refractivity contribution in [2.24, 2.45) is 11.7 Å². The fraction of sp³-hybridized carbons (Fsp3) is 0.375. The molecule has 1 heterocycles. The van der Waals surface area contributed by atoms with Crippen LogP contribution in [0.25, 0.3) is 0 Å². The van der Waals surface area contributed by atoms with Crippen molar-refractivity contribution in [3.8, 4) is 0 Å². The molecule has 1 rings (SSSR count). The summed E-state index contributed by atoms with van der Waals surface area (Å²) in [5.74, 6) is -1.45. The zero-order valence-electron chi connectivity index (χ0n) is 8.17. The Balaban J connectivity index is 2.77. The van der Waals surface area contributed by atoms with Gasteiger partial charge in [-0.15, -0.1) is 0 Å². The van der Waals surface area contributed by atoms with Gasteiger partial charge in [0.1, 0.15) is 0 Å². The van der Waals surface area contributed by atoms with E-state index >= 15 is 0 Å². The van der Waals surface area contributed by atoms with Crippen LogP contribution in [0.1, 0.15) is 6.92 Å². The largest absolute Gasteiger partial charge is 0.481 e. The van der Waals surface area contributed by atoms with E-state index < -0.39 is 17.9 Å². The number of carboxylic acids is 1. The molecule has 82 valence electrons. The number of amides is 2. The van der Waals surface area contributed by atoms with E-state index in [1.165, 1.54) is 19.3 Å². The molecule has 0 bridgehead atoms. The Bertz CT molecular complexity index is 349. The Morgan fingerprint density at radius 2 is 2.40 bits per heavy atom. The molecule has 0 aromatic carbocycles. The third-order valence-corrected chi connectivity index (χ3v) is 1.88. The van der Waals surface area contributed by atoms with Gasteiger partial charge in [0, 0.05) is 18.9 Å². The van der Waals surface area contributed by atoms with Gasteiger partial charge in [-0.2, -0.15) is 0 Å².